The van der Waals surface area contributed by atoms with Gasteiger partial charge in [0.25, 0.3) is 5.92 Å². The fourth-order valence-electron chi connectivity index (χ4n) is 3.73. The van der Waals surface area contributed by atoms with Gasteiger partial charge >= 0.3 is 0 Å². The van der Waals surface area contributed by atoms with Crippen LogP contribution in [0.4, 0.5) is 14.5 Å². The Kier molecular flexibility index (Phi) is 3.82. The first-order valence-corrected chi connectivity index (χ1v) is 8.64. The first kappa shape index (κ1) is 16.2. The molecule has 5 heteroatoms. The molecule has 1 atom stereocenters. The van der Waals surface area contributed by atoms with Gasteiger partial charge in [-0.05, 0) is 55.0 Å². The molecule has 2 aliphatic rings. The summed E-state index contributed by atoms with van der Waals surface area (Å²) in [5, 5.41) is 2.94. The minimum atomic E-state index is -2.48. The van der Waals surface area contributed by atoms with E-state index in [1.54, 1.807) is 12.4 Å². The van der Waals surface area contributed by atoms with Crippen LogP contribution in [0.2, 0.25) is 0 Å². The van der Waals surface area contributed by atoms with Crippen LogP contribution < -0.4 is 5.32 Å². The second-order valence-electron chi connectivity index (χ2n) is 7.26. The van der Waals surface area contributed by atoms with Crippen LogP contribution in [0.1, 0.15) is 24.8 Å². The second kappa shape index (κ2) is 5.90. The topological polar surface area (TPSA) is 42.0 Å². The van der Waals surface area contributed by atoms with E-state index in [1.807, 2.05) is 37.3 Å². The van der Waals surface area contributed by atoms with Gasteiger partial charge in [-0.2, -0.15) is 0 Å². The molecule has 0 radical (unpaired) electrons. The molecule has 1 aromatic carbocycles. The third-order valence-corrected chi connectivity index (χ3v) is 5.47. The SMILES string of the molecule is Cc1ccc(NC(=O)C2CC(C3CC3(F)F)C2)cc1-c1cccnc1. The second-order valence-corrected chi connectivity index (χ2v) is 7.26. The number of anilines is 1. The summed E-state index contributed by atoms with van der Waals surface area (Å²) in [6.07, 6.45) is 4.67. The lowest BCUT2D eigenvalue weighted by Gasteiger charge is -2.34. The first-order valence-electron chi connectivity index (χ1n) is 8.64. The number of nitrogens with one attached hydrogen (secondary N) is 1. The number of carbonyl (C=O) groups is 1. The normalized spacial score (nSPS) is 26.6. The lowest BCUT2D eigenvalue weighted by atomic mass is 9.71. The number of amides is 1. The monoisotopic (exact) mass is 342 g/mol. The third kappa shape index (κ3) is 3.15. The van der Waals surface area contributed by atoms with Crippen LogP contribution in [0, 0.1) is 24.7 Å². The van der Waals surface area contributed by atoms with E-state index in [0.717, 1.165) is 22.4 Å². The Morgan fingerprint density at radius 1 is 1.28 bits per heavy atom. The van der Waals surface area contributed by atoms with Gasteiger partial charge in [-0.3, -0.25) is 9.78 Å². The quantitative estimate of drug-likeness (QED) is 0.877. The molecule has 3 nitrogen and oxygen atoms in total. The summed E-state index contributed by atoms with van der Waals surface area (Å²) in [5.74, 6) is -3.18. The predicted octanol–water partition coefficient (Wildman–Crippen LogP) is 4.68. The van der Waals surface area contributed by atoms with Crippen molar-refractivity contribution in [3.05, 3.63) is 48.3 Å². The van der Waals surface area contributed by atoms with Crippen LogP contribution in [-0.4, -0.2) is 16.8 Å². The Labute approximate surface area is 145 Å². The number of aryl methyl sites for hydroxylation is 1. The molecule has 1 aromatic heterocycles. The molecule has 0 saturated heterocycles. The van der Waals surface area contributed by atoms with Gasteiger partial charge in [0.2, 0.25) is 5.91 Å². The smallest absolute Gasteiger partial charge is 0.251 e. The molecule has 0 spiro atoms. The van der Waals surface area contributed by atoms with E-state index in [2.05, 4.69) is 10.3 Å². The fraction of sp³-hybridized carbons (Fsp3) is 0.400. The van der Waals surface area contributed by atoms with Crippen LogP contribution in [-0.2, 0) is 4.79 Å². The average Bonchev–Trinajstić information content (AvgIpc) is 3.16. The standard InChI is InChI=1S/C20H20F2N2O/c1-12-4-5-16(9-17(12)13-3-2-6-23-11-13)24-19(25)15-7-14(8-15)18-10-20(18,21)22/h2-6,9,11,14-15,18H,7-8,10H2,1H3,(H,24,25). The molecule has 2 aromatic rings. The summed E-state index contributed by atoms with van der Waals surface area (Å²) >= 11 is 0. The van der Waals surface area contributed by atoms with Crippen molar-refractivity contribution >= 4 is 11.6 Å². The molecular weight excluding hydrogens is 322 g/mol. The van der Waals surface area contributed by atoms with Crippen molar-refractivity contribution in [1.82, 2.24) is 4.98 Å². The van der Waals surface area contributed by atoms with E-state index in [9.17, 15) is 13.6 Å². The summed E-state index contributed by atoms with van der Waals surface area (Å²) in [6.45, 7) is 2.01. The number of alkyl halides is 2. The Morgan fingerprint density at radius 3 is 2.68 bits per heavy atom. The van der Waals surface area contributed by atoms with Crippen LogP contribution in [0.15, 0.2) is 42.7 Å². The van der Waals surface area contributed by atoms with E-state index < -0.39 is 11.8 Å². The van der Waals surface area contributed by atoms with Gasteiger partial charge < -0.3 is 5.32 Å². The lowest BCUT2D eigenvalue weighted by Crippen LogP contribution is -2.36. The Hall–Kier alpha value is -2.30. The molecule has 25 heavy (non-hydrogen) atoms. The van der Waals surface area contributed by atoms with E-state index in [1.165, 1.54) is 0 Å². The van der Waals surface area contributed by atoms with Crippen LogP contribution in [0.3, 0.4) is 0 Å². The maximum absolute atomic E-state index is 13.1. The maximum atomic E-state index is 13.1. The molecule has 0 bridgehead atoms. The van der Waals surface area contributed by atoms with E-state index >= 15 is 0 Å². The molecule has 1 unspecified atom stereocenters. The van der Waals surface area contributed by atoms with Crippen LogP contribution in [0.25, 0.3) is 11.1 Å². The largest absolute Gasteiger partial charge is 0.326 e. The van der Waals surface area contributed by atoms with Gasteiger partial charge in [0.05, 0.1) is 0 Å². The van der Waals surface area contributed by atoms with Gasteiger partial charge in [-0.25, -0.2) is 8.78 Å². The molecule has 2 fully saturated rings. The molecular formula is C20H20F2N2O. The zero-order valence-electron chi connectivity index (χ0n) is 14.0. The van der Waals surface area contributed by atoms with E-state index in [0.29, 0.717) is 12.8 Å². The lowest BCUT2D eigenvalue weighted by molar-refractivity contribution is -0.124. The summed E-state index contributed by atoms with van der Waals surface area (Å²) < 4.78 is 26.2. The number of aromatic nitrogens is 1. The fourth-order valence-corrected chi connectivity index (χ4v) is 3.73. The number of hydrogen-bond donors (Lipinski definition) is 1. The van der Waals surface area contributed by atoms with E-state index in [4.69, 9.17) is 0 Å². The minimum Gasteiger partial charge on any atom is -0.326 e. The molecule has 1 amide bonds. The molecule has 2 aliphatic carbocycles. The maximum Gasteiger partial charge on any atom is 0.251 e. The van der Waals surface area contributed by atoms with Gasteiger partial charge in [0.1, 0.15) is 0 Å². The predicted molar refractivity (Wildman–Crippen MR) is 92.3 cm³/mol. The molecule has 1 N–H and O–H groups in total. The molecule has 0 aliphatic heterocycles. The number of carbonyl (C=O) groups excluding carboxylic acids is 1. The first-order chi connectivity index (χ1) is 11.9. The van der Waals surface area contributed by atoms with Crippen molar-refractivity contribution < 1.29 is 13.6 Å². The van der Waals surface area contributed by atoms with Crippen molar-refractivity contribution in [3.8, 4) is 11.1 Å². The number of rotatable bonds is 4. The van der Waals surface area contributed by atoms with Gasteiger partial charge in [-0.15, -0.1) is 0 Å². The van der Waals surface area contributed by atoms with Crippen molar-refractivity contribution in [2.24, 2.45) is 17.8 Å². The van der Waals surface area contributed by atoms with Gasteiger partial charge in [0, 0.05) is 41.9 Å². The highest BCUT2D eigenvalue weighted by molar-refractivity contribution is 5.94. The van der Waals surface area contributed by atoms with Crippen LogP contribution in [0.5, 0.6) is 0 Å². The Balaban J connectivity index is 1.41. The zero-order valence-corrected chi connectivity index (χ0v) is 14.0. The number of nitrogens with zero attached hydrogens (tertiary/aromatic N) is 1. The summed E-state index contributed by atoms with van der Waals surface area (Å²) in [6, 6.07) is 9.63. The highest BCUT2D eigenvalue weighted by Gasteiger charge is 2.62. The number of hydrogen-bond acceptors (Lipinski definition) is 2. The van der Waals surface area contributed by atoms with E-state index in [-0.39, 0.29) is 24.2 Å². The molecule has 4 rings (SSSR count). The molecule has 2 saturated carbocycles. The summed E-state index contributed by atoms with van der Waals surface area (Å²) in [4.78, 5) is 16.5. The number of halogens is 2. The van der Waals surface area contributed by atoms with Crippen molar-refractivity contribution in [2.45, 2.75) is 32.1 Å². The molecule has 1 heterocycles. The highest BCUT2D eigenvalue weighted by atomic mass is 19.3. The zero-order chi connectivity index (χ0) is 17.6. The summed E-state index contributed by atoms with van der Waals surface area (Å²) in [7, 11) is 0. The Morgan fingerprint density at radius 2 is 2.04 bits per heavy atom. The Bertz CT molecular complexity index is 801. The highest BCUT2D eigenvalue weighted by Crippen LogP contribution is 2.59. The number of benzene rings is 1. The molecule has 130 valence electrons. The average molecular weight is 342 g/mol. The number of pyridine rings is 1. The van der Waals surface area contributed by atoms with Gasteiger partial charge in [-0.1, -0.05) is 12.1 Å². The van der Waals surface area contributed by atoms with Crippen LogP contribution >= 0.6 is 0 Å². The minimum absolute atomic E-state index is 0.00155. The van der Waals surface area contributed by atoms with Gasteiger partial charge in [0.15, 0.2) is 0 Å². The van der Waals surface area contributed by atoms with Crippen molar-refractivity contribution in [3.63, 3.8) is 0 Å². The third-order valence-electron chi connectivity index (χ3n) is 5.47. The van der Waals surface area contributed by atoms with Crippen molar-refractivity contribution in [1.29, 1.82) is 0 Å². The van der Waals surface area contributed by atoms with Crippen molar-refractivity contribution in [2.75, 3.05) is 5.32 Å². The summed E-state index contributed by atoms with van der Waals surface area (Å²) in [5.41, 5.74) is 3.85.